The maximum Gasteiger partial charge on any atom is 0.305 e. The molecule has 3 nitrogen and oxygen atoms in total. The van der Waals surface area contributed by atoms with E-state index in [9.17, 15) is 18.0 Å². The molecule has 0 spiro atoms. The molecule has 3 N–H and O–H groups in total. The van der Waals surface area contributed by atoms with E-state index in [0.717, 1.165) is 6.07 Å². The smallest absolute Gasteiger partial charge is 0.305 e. The number of halogens is 3. The fourth-order valence-corrected chi connectivity index (χ4v) is 1.41. The average molecular weight is 233 g/mol. The van der Waals surface area contributed by atoms with Gasteiger partial charge in [0.15, 0.2) is 0 Å². The lowest BCUT2D eigenvalue weighted by atomic mass is 9.98. The summed E-state index contributed by atoms with van der Waals surface area (Å²) in [6.45, 7) is 0. The Morgan fingerprint density at radius 1 is 1.44 bits per heavy atom. The van der Waals surface area contributed by atoms with Crippen LogP contribution in [-0.4, -0.2) is 11.1 Å². The molecular formula is C10H10F3NO2. The third-order valence-corrected chi connectivity index (χ3v) is 2.10. The van der Waals surface area contributed by atoms with Crippen molar-refractivity contribution in [3.8, 4) is 0 Å². The summed E-state index contributed by atoms with van der Waals surface area (Å²) in [5, 5.41) is 8.48. The first-order valence-electron chi connectivity index (χ1n) is 4.47. The first kappa shape index (κ1) is 12.5. The van der Waals surface area contributed by atoms with Gasteiger partial charge in [0.2, 0.25) is 0 Å². The summed E-state index contributed by atoms with van der Waals surface area (Å²) < 4.78 is 38.2. The lowest BCUT2D eigenvalue weighted by molar-refractivity contribution is -0.137. The molecule has 1 unspecified atom stereocenters. The lowest BCUT2D eigenvalue weighted by Gasteiger charge is -2.14. The van der Waals surface area contributed by atoms with Crippen LogP contribution >= 0.6 is 0 Å². The van der Waals surface area contributed by atoms with Gasteiger partial charge < -0.3 is 10.8 Å². The maximum absolute atomic E-state index is 13.1. The monoisotopic (exact) mass is 233 g/mol. The standard InChI is InChI=1S/C10H10F3NO2/c11-6-3-1-2-5(9(6)10(12)13)7(14)4-8(15)16/h1-3,7,10H,4,14H2,(H,15,16). The van der Waals surface area contributed by atoms with E-state index in [-0.39, 0.29) is 5.56 Å². The second-order valence-corrected chi connectivity index (χ2v) is 3.25. The average Bonchev–Trinajstić information content (AvgIpc) is 2.15. The highest BCUT2D eigenvalue weighted by atomic mass is 19.3. The Hall–Kier alpha value is -1.56. The van der Waals surface area contributed by atoms with E-state index < -0.39 is 36.2 Å². The number of rotatable bonds is 4. The van der Waals surface area contributed by atoms with Crippen molar-refractivity contribution in [3.05, 3.63) is 35.1 Å². The zero-order valence-electron chi connectivity index (χ0n) is 8.16. The van der Waals surface area contributed by atoms with Gasteiger partial charge in [-0.3, -0.25) is 4.79 Å². The number of carboxylic acids is 1. The van der Waals surface area contributed by atoms with E-state index >= 15 is 0 Å². The van der Waals surface area contributed by atoms with Crippen LogP contribution in [0.2, 0.25) is 0 Å². The maximum atomic E-state index is 13.1. The topological polar surface area (TPSA) is 63.3 Å². The molecule has 0 bridgehead atoms. The second kappa shape index (κ2) is 4.98. The highest BCUT2D eigenvalue weighted by Crippen LogP contribution is 2.30. The lowest BCUT2D eigenvalue weighted by Crippen LogP contribution is -2.17. The van der Waals surface area contributed by atoms with Gasteiger partial charge in [0, 0.05) is 6.04 Å². The minimum atomic E-state index is -3.02. The third kappa shape index (κ3) is 2.73. The largest absolute Gasteiger partial charge is 0.481 e. The van der Waals surface area contributed by atoms with Gasteiger partial charge in [-0.25, -0.2) is 13.2 Å². The zero-order valence-corrected chi connectivity index (χ0v) is 8.16. The fraction of sp³-hybridized carbons (Fsp3) is 0.300. The predicted molar refractivity (Wildman–Crippen MR) is 50.5 cm³/mol. The van der Waals surface area contributed by atoms with Gasteiger partial charge in [-0.15, -0.1) is 0 Å². The third-order valence-electron chi connectivity index (χ3n) is 2.10. The van der Waals surface area contributed by atoms with Gasteiger partial charge in [0.1, 0.15) is 5.82 Å². The van der Waals surface area contributed by atoms with E-state index in [1.165, 1.54) is 12.1 Å². The Morgan fingerprint density at radius 3 is 2.56 bits per heavy atom. The van der Waals surface area contributed by atoms with Gasteiger partial charge in [0.25, 0.3) is 6.43 Å². The van der Waals surface area contributed by atoms with E-state index in [4.69, 9.17) is 10.8 Å². The van der Waals surface area contributed by atoms with Crippen molar-refractivity contribution in [2.75, 3.05) is 0 Å². The number of nitrogens with two attached hydrogens (primary N) is 1. The summed E-state index contributed by atoms with van der Waals surface area (Å²) in [6.07, 6.45) is -3.54. The SMILES string of the molecule is NC(CC(=O)O)c1cccc(F)c1C(F)F. The molecule has 1 rings (SSSR count). The van der Waals surface area contributed by atoms with Gasteiger partial charge >= 0.3 is 5.97 Å². The number of hydrogen-bond donors (Lipinski definition) is 2. The Balaban J connectivity index is 3.12. The highest BCUT2D eigenvalue weighted by molar-refractivity contribution is 5.68. The Morgan fingerprint density at radius 2 is 2.06 bits per heavy atom. The van der Waals surface area contributed by atoms with Crippen molar-refractivity contribution >= 4 is 5.97 Å². The molecule has 0 heterocycles. The quantitative estimate of drug-likeness (QED) is 0.838. The van der Waals surface area contributed by atoms with Crippen molar-refractivity contribution in [2.24, 2.45) is 5.73 Å². The minimum absolute atomic E-state index is 0.169. The molecule has 1 atom stereocenters. The normalized spacial score (nSPS) is 12.8. The summed E-state index contributed by atoms with van der Waals surface area (Å²) in [5.74, 6) is -2.30. The number of benzene rings is 1. The minimum Gasteiger partial charge on any atom is -0.481 e. The number of carboxylic acid groups (broad SMARTS) is 1. The summed E-state index contributed by atoms with van der Waals surface area (Å²) >= 11 is 0. The second-order valence-electron chi connectivity index (χ2n) is 3.25. The van der Waals surface area contributed by atoms with Gasteiger partial charge in [-0.1, -0.05) is 12.1 Å². The van der Waals surface area contributed by atoms with Crippen LogP contribution in [0.4, 0.5) is 13.2 Å². The van der Waals surface area contributed by atoms with Crippen LogP contribution in [0.1, 0.15) is 30.0 Å². The summed E-state index contributed by atoms with van der Waals surface area (Å²) in [6, 6.07) is 2.17. The zero-order chi connectivity index (χ0) is 12.3. The van der Waals surface area contributed by atoms with Crippen LogP contribution in [-0.2, 0) is 4.79 Å². The number of hydrogen-bond acceptors (Lipinski definition) is 2. The number of alkyl halides is 2. The van der Waals surface area contributed by atoms with Crippen molar-refractivity contribution in [3.63, 3.8) is 0 Å². The van der Waals surface area contributed by atoms with Crippen molar-refractivity contribution in [1.29, 1.82) is 0 Å². The predicted octanol–water partition coefficient (Wildman–Crippen LogP) is 2.24. The molecule has 0 saturated carbocycles. The van der Waals surface area contributed by atoms with Crippen LogP contribution in [0.5, 0.6) is 0 Å². The first-order chi connectivity index (χ1) is 7.43. The van der Waals surface area contributed by atoms with Gasteiger partial charge in [-0.2, -0.15) is 0 Å². The summed E-state index contributed by atoms with van der Waals surface area (Å²) in [7, 11) is 0. The highest BCUT2D eigenvalue weighted by Gasteiger charge is 2.22. The summed E-state index contributed by atoms with van der Waals surface area (Å²) in [5.41, 5.74) is 4.43. The van der Waals surface area contributed by atoms with Crippen molar-refractivity contribution in [1.82, 2.24) is 0 Å². The Bertz CT molecular complexity index is 396. The molecule has 0 aromatic heterocycles. The molecule has 0 radical (unpaired) electrons. The van der Waals surface area contributed by atoms with E-state index in [1.807, 2.05) is 0 Å². The van der Waals surface area contributed by atoms with E-state index in [1.54, 1.807) is 0 Å². The molecule has 0 aliphatic rings. The molecule has 0 saturated heterocycles. The van der Waals surface area contributed by atoms with Crippen LogP contribution in [0.25, 0.3) is 0 Å². The van der Waals surface area contributed by atoms with Gasteiger partial charge in [0.05, 0.1) is 12.0 Å². The molecule has 88 valence electrons. The summed E-state index contributed by atoms with van der Waals surface area (Å²) in [4.78, 5) is 10.4. The first-order valence-corrected chi connectivity index (χ1v) is 4.47. The van der Waals surface area contributed by atoms with Crippen LogP contribution < -0.4 is 5.73 Å². The van der Waals surface area contributed by atoms with Gasteiger partial charge in [-0.05, 0) is 11.6 Å². The van der Waals surface area contributed by atoms with Crippen molar-refractivity contribution in [2.45, 2.75) is 18.9 Å². The number of carbonyl (C=O) groups is 1. The molecule has 0 aliphatic heterocycles. The van der Waals surface area contributed by atoms with E-state index in [2.05, 4.69) is 0 Å². The Labute approximate surface area is 89.7 Å². The molecule has 6 heteroatoms. The molecule has 0 fully saturated rings. The van der Waals surface area contributed by atoms with Crippen molar-refractivity contribution < 1.29 is 23.1 Å². The molecular weight excluding hydrogens is 223 g/mol. The van der Waals surface area contributed by atoms with E-state index in [0.29, 0.717) is 0 Å². The Kier molecular flexibility index (Phi) is 3.89. The van der Waals surface area contributed by atoms with Crippen LogP contribution in [0, 0.1) is 5.82 Å². The van der Waals surface area contributed by atoms with Crippen LogP contribution in [0.15, 0.2) is 18.2 Å². The molecule has 0 amide bonds. The molecule has 0 aliphatic carbocycles. The fourth-order valence-electron chi connectivity index (χ4n) is 1.41. The number of aliphatic carboxylic acids is 1. The molecule has 1 aromatic carbocycles. The molecule has 16 heavy (non-hydrogen) atoms. The van der Waals surface area contributed by atoms with Crippen LogP contribution in [0.3, 0.4) is 0 Å². The molecule has 1 aromatic rings.